The van der Waals surface area contributed by atoms with Crippen LogP contribution in [0.5, 0.6) is 0 Å². The minimum Gasteiger partial charge on any atom is -0.392 e. The first kappa shape index (κ1) is 11.6. The Hall–Kier alpha value is -0.890. The average Bonchev–Trinajstić information content (AvgIpc) is 2.15. The molecule has 0 heterocycles. The first-order valence-corrected chi connectivity index (χ1v) is 6.04. The zero-order valence-corrected chi connectivity index (χ0v) is 10.1. The Bertz CT molecular complexity index is 354. The molecule has 0 aliphatic heterocycles. The molecular formula is C14H20O2. The monoisotopic (exact) mass is 220 g/mol. The highest BCUT2D eigenvalue weighted by atomic mass is 16.3. The minimum absolute atomic E-state index is 0.0837. The zero-order valence-electron chi connectivity index (χ0n) is 10.1. The van der Waals surface area contributed by atoms with Gasteiger partial charge in [-0.3, -0.25) is 4.79 Å². The molecule has 0 aromatic carbocycles. The van der Waals surface area contributed by atoms with Gasteiger partial charge in [-0.2, -0.15) is 0 Å². The van der Waals surface area contributed by atoms with Crippen molar-refractivity contribution in [3.05, 3.63) is 23.8 Å². The van der Waals surface area contributed by atoms with Crippen LogP contribution in [0.4, 0.5) is 0 Å². The third-order valence-electron chi connectivity index (χ3n) is 4.07. The van der Waals surface area contributed by atoms with Crippen LogP contribution in [0.25, 0.3) is 0 Å². The summed E-state index contributed by atoms with van der Waals surface area (Å²) in [6, 6.07) is 0. The highest BCUT2D eigenvalue weighted by molar-refractivity contribution is 5.79. The summed E-state index contributed by atoms with van der Waals surface area (Å²) in [4.78, 5) is 11.6. The zero-order chi connectivity index (χ0) is 11.9. The molecule has 2 rings (SSSR count). The standard InChI is InChI=1S/C14H20O2/c1-8-6-12-11(10(3)15)5-4-9(2)14(12)13(16)7-8/h6,11-14,16H,2,4-5,7H2,1,3H3. The van der Waals surface area contributed by atoms with E-state index < -0.39 is 0 Å². The molecule has 1 fully saturated rings. The van der Waals surface area contributed by atoms with Crippen molar-refractivity contribution in [3.8, 4) is 0 Å². The number of fused-ring (bicyclic) bond motifs is 1. The second kappa shape index (κ2) is 4.17. The molecule has 2 aliphatic carbocycles. The predicted molar refractivity (Wildman–Crippen MR) is 63.9 cm³/mol. The van der Waals surface area contributed by atoms with Crippen molar-refractivity contribution in [1.82, 2.24) is 0 Å². The first-order chi connectivity index (χ1) is 7.50. The maximum Gasteiger partial charge on any atom is 0.133 e. The molecule has 0 amide bonds. The molecule has 16 heavy (non-hydrogen) atoms. The molecule has 1 saturated carbocycles. The second-order valence-corrected chi connectivity index (χ2v) is 5.30. The van der Waals surface area contributed by atoms with Gasteiger partial charge in [0.1, 0.15) is 5.78 Å². The minimum atomic E-state index is -0.343. The molecule has 0 aromatic rings. The van der Waals surface area contributed by atoms with Crippen molar-refractivity contribution in [2.45, 2.75) is 39.2 Å². The summed E-state index contributed by atoms with van der Waals surface area (Å²) in [6.07, 6.45) is 4.35. The van der Waals surface area contributed by atoms with Crippen LogP contribution < -0.4 is 0 Å². The lowest BCUT2D eigenvalue weighted by atomic mass is 9.63. The van der Waals surface area contributed by atoms with E-state index in [1.54, 1.807) is 6.92 Å². The Morgan fingerprint density at radius 3 is 2.88 bits per heavy atom. The molecule has 0 saturated heterocycles. The average molecular weight is 220 g/mol. The number of hydrogen-bond acceptors (Lipinski definition) is 2. The number of carbonyl (C=O) groups is 1. The van der Waals surface area contributed by atoms with E-state index in [2.05, 4.69) is 12.7 Å². The Balaban J connectivity index is 2.34. The number of rotatable bonds is 1. The normalized spacial score (nSPS) is 38.9. The topological polar surface area (TPSA) is 37.3 Å². The highest BCUT2D eigenvalue weighted by Gasteiger charge is 2.41. The molecule has 0 radical (unpaired) electrons. The maximum atomic E-state index is 11.6. The fourth-order valence-corrected chi connectivity index (χ4v) is 3.30. The first-order valence-electron chi connectivity index (χ1n) is 6.04. The summed E-state index contributed by atoms with van der Waals surface area (Å²) in [5.41, 5.74) is 2.33. The lowest BCUT2D eigenvalue weighted by Gasteiger charge is -2.42. The van der Waals surface area contributed by atoms with Crippen LogP contribution in [0.15, 0.2) is 23.8 Å². The molecule has 0 aromatic heterocycles. The van der Waals surface area contributed by atoms with Gasteiger partial charge in [0.2, 0.25) is 0 Å². The molecule has 2 aliphatic rings. The van der Waals surface area contributed by atoms with Crippen molar-refractivity contribution < 1.29 is 9.90 Å². The number of ketones is 1. The van der Waals surface area contributed by atoms with Crippen molar-refractivity contribution in [2.24, 2.45) is 17.8 Å². The Kier molecular flexibility index (Phi) is 3.02. The van der Waals surface area contributed by atoms with Gasteiger partial charge in [0.25, 0.3) is 0 Å². The molecule has 2 heteroatoms. The largest absolute Gasteiger partial charge is 0.392 e. The van der Waals surface area contributed by atoms with Gasteiger partial charge in [-0.1, -0.05) is 23.8 Å². The molecular weight excluding hydrogens is 200 g/mol. The summed E-state index contributed by atoms with van der Waals surface area (Å²) in [7, 11) is 0. The predicted octanol–water partition coefficient (Wildman–Crippen LogP) is 2.48. The van der Waals surface area contributed by atoms with E-state index in [0.29, 0.717) is 0 Å². The fraction of sp³-hybridized carbons (Fsp3) is 0.643. The molecule has 0 bridgehead atoms. The smallest absolute Gasteiger partial charge is 0.133 e. The van der Waals surface area contributed by atoms with Gasteiger partial charge in [-0.05, 0) is 39.0 Å². The van der Waals surface area contributed by atoms with E-state index in [4.69, 9.17) is 0 Å². The molecule has 4 unspecified atom stereocenters. The molecule has 2 nitrogen and oxygen atoms in total. The molecule has 88 valence electrons. The van der Waals surface area contributed by atoms with Crippen LogP contribution in [0, 0.1) is 17.8 Å². The highest BCUT2D eigenvalue weighted by Crippen LogP contribution is 2.45. The van der Waals surface area contributed by atoms with Gasteiger partial charge in [0.05, 0.1) is 6.10 Å². The van der Waals surface area contributed by atoms with Crippen LogP contribution in [-0.2, 0) is 4.79 Å². The Morgan fingerprint density at radius 2 is 2.25 bits per heavy atom. The van der Waals surface area contributed by atoms with Crippen molar-refractivity contribution in [1.29, 1.82) is 0 Å². The van der Waals surface area contributed by atoms with E-state index in [-0.39, 0.29) is 29.6 Å². The second-order valence-electron chi connectivity index (χ2n) is 5.30. The Labute approximate surface area is 97.0 Å². The quantitative estimate of drug-likeness (QED) is 0.689. The number of hydrogen-bond donors (Lipinski definition) is 1. The number of allylic oxidation sites excluding steroid dienone is 1. The van der Waals surface area contributed by atoms with Crippen molar-refractivity contribution in [2.75, 3.05) is 0 Å². The SMILES string of the molecule is C=C1CCC(C(C)=O)C2C=C(C)CC(O)C12. The molecule has 1 N–H and O–H groups in total. The van der Waals surface area contributed by atoms with Gasteiger partial charge in [-0.25, -0.2) is 0 Å². The van der Waals surface area contributed by atoms with Crippen LogP contribution >= 0.6 is 0 Å². The third kappa shape index (κ3) is 1.86. The summed E-state index contributed by atoms with van der Waals surface area (Å²) in [5.74, 6) is 0.620. The summed E-state index contributed by atoms with van der Waals surface area (Å²) < 4.78 is 0. The van der Waals surface area contributed by atoms with Gasteiger partial charge in [-0.15, -0.1) is 0 Å². The van der Waals surface area contributed by atoms with E-state index in [1.807, 2.05) is 6.92 Å². The van der Waals surface area contributed by atoms with Gasteiger partial charge in [0.15, 0.2) is 0 Å². The summed E-state index contributed by atoms with van der Waals surface area (Å²) >= 11 is 0. The van der Waals surface area contributed by atoms with Crippen molar-refractivity contribution >= 4 is 5.78 Å². The lowest BCUT2D eigenvalue weighted by Crippen LogP contribution is -2.41. The molecule has 0 spiro atoms. The van der Waals surface area contributed by atoms with Gasteiger partial charge < -0.3 is 5.11 Å². The summed E-state index contributed by atoms with van der Waals surface area (Å²) in [5, 5.41) is 10.1. The molecule has 4 atom stereocenters. The van der Waals surface area contributed by atoms with Crippen LogP contribution in [0.1, 0.15) is 33.1 Å². The van der Waals surface area contributed by atoms with E-state index in [0.717, 1.165) is 24.8 Å². The van der Waals surface area contributed by atoms with Gasteiger partial charge in [0, 0.05) is 11.8 Å². The van der Waals surface area contributed by atoms with Crippen LogP contribution in [0.2, 0.25) is 0 Å². The Morgan fingerprint density at radius 1 is 1.56 bits per heavy atom. The number of aliphatic hydroxyl groups excluding tert-OH is 1. The van der Waals surface area contributed by atoms with E-state index in [1.165, 1.54) is 5.57 Å². The van der Waals surface area contributed by atoms with Crippen LogP contribution in [0.3, 0.4) is 0 Å². The number of carbonyl (C=O) groups excluding carboxylic acids is 1. The van der Waals surface area contributed by atoms with E-state index >= 15 is 0 Å². The van der Waals surface area contributed by atoms with E-state index in [9.17, 15) is 9.90 Å². The lowest BCUT2D eigenvalue weighted by molar-refractivity contribution is -0.123. The fourth-order valence-electron chi connectivity index (χ4n) is 3.30. The van der Waals surface area contributed by atoms with Crippen molar-refractivity contribution in [3.63, 3.8) is 0 Å². The summed E-state index contributed by atoms with van der Waals surface area (Å²) in [6.45, 7) is 7.77. The number of aliphatic hydroxyl groups is 1. The van der Waals surface area contributed by atoms with Gasteiger partial charge >= 0.3 is 0 Å². The third-order valence-corrected chi connectivity index (χ3v) is 4.07. The number of Topliss-reactive ketones (excluding diaryl/α,β-unsaturated/α-hetero) is 1. The van der Waals surface area contributed by atoms with Crippen LogP contribution in [-0.4, -0.2) is 17.0 Å². The maximum absolute atomic E-state index is 11.6.